The Balaban J connectivity index is 1.47. The molecule has 1 heterocycles. The monoisotopic (exact) mass is 531 g/mol. The summed E-state index contributed by atoms with van der Waals surface area (Å²) in [5, 5.41) is 20.5. The van der Waals surface area contributed by atoms with Crippen LogP contribution in [0.25, 0.3) is 0 Å². The lowest BCUT2D eigenvalue weighted by Crippen LogP contribution is -2.33. The fraction of sp³-hybridized carbons (Fsp3) is 0.375. The zero-order valence-electron chi connectivity index (χ0n) is 20.6. The smallest absolute Gasteiger partial charge is 0.413 e. The molecule has 0 saturated heterocycles. The summed E-state index contributed by atoms with van der Waals surface area (Å²) in [5.41, 5.74) is 1.09. The summed E-state index contributed by atoms with van der Waals surface area (Å²) >= 11 is 0. The van der Waals surface area contributed by atoms with Gasteiger partial charge in [0.25, 0.3) is 5.69 Å². The fourth-order valence-corrected chi connectivity index (χ4v) is 5.28. The van der Waals surface area contributed by atoms with Gasteiger partial charge in [0.15, 0.2) is 4.90 Å². The molecular formula is C24H29N5O7S. The first-order valence-corrected chi connectivity index (χ1v) is 13.0. The van der Waals surface area contributed by atoms with Crippen molar-refractivity contribution in [3.8, 4) is 0 Å². The van der Waals surface area contributed by atoms with Gasteiger partial charge in [-0.15, -0.1) is 0 Å². The number of nitrogens with zero attached hydrogens (tertiary/aromatic N) is 5. The number of nitro groups is 1. The average molecular weight is 532 g/mol. The van der Waals surface area contributed by atoms with Crippen LogP contribution in [0.15, 0.2) is 58.4 Å². The average Bonchev–Trinajstić information content (AvgIpc) is 3.37. The lowest BCUT2D eigenvalue weighted by molar-refractivity contribution is -0.387. The number of carbonyl (C=O) groups is 2. The number of carbonyl (C=O) groups excluding carboxylic acids is 1. The third-order valence-corrected chi connectivity index (χ3v) is 7.90. The minimum absolute atomic E-state index is 0.106. The zero-order valence-corrected chi connectivity index (χ0v) is 21.4. The number of rotatable bonds is 11. The molecule has 0 atom stereocenters. The van der Waals surface area contributed by atoms with Gasteiger partial charge in [-0.05, 0) is 24.5 Å². The molecule has 1 N–H and O–H groups in total. The number of hydrogen-bond acceptors (Lipinski definition) is 7. The number of benzene rings is 2. The van der Waals surface area contributed by atoms with Crippen molar-refractivity contribution >= 4 is 33.5 Å². The van der Waals surface area contributed by atoms with E-state index in [9.17, 15) is 33.2 Å². The highest BCUT2D eigenvalue weighted by atomic mass is 32.2. The van der Waals surface area contributed by atoms with Gasteiger partial charge in [-0.2, -0.15) is 0 Å². The summed E-state index contributed by atoms with van der Waals surface area (Å²) in [5.74, 6) is 0.308. The molecule has 1 aliphatic heterocycles. The summed E-state index contributed by atoms with van der Waals surface area (Å²) < 4.78 is 26.6. The van der Waals surface area contributed by atoms with E-state index < -0.39 is 26.7 Å². The van der Waals surface area contributed by atoms with E-state index in [1.807, 2.05) is 12.1 Å². The van der Waals surface area contributed by atoms with Gasteiger partial charge in [-0.25, -0.2) is 17.5 Å². The van der Waals surface area contributed by atoms with Gasteiger partial charge in [-0.3, -0.25) is 24.8 Å². The van der Waals surface area contributed by atoms with E-state index in [1.165, 1.54) is 30.1 Å². The minimum atomic E-state index is -4.04. The maximum atomic E-state index is 12.8. The van der Waals surface area contributed by atoms with Crippen LogP contribution in [0.1, 0.15) is 30.4 Å². The largest absolute Gasteiger partial charge is 0.465 e. The van der Waals surface area contributed by atoms with Crippen LogP contribution >= 0.6 is 0 Å². The summed E-state index contributed by atoms with van der Waals surface area (Å²) in [6.45, 7) is 1.23. The Kier molecular flexibility index (Phi) is 8.95. The number of sulfonamides is 1. The van der Waals surface area contributed by atoms with Gasteiger partial charge in [0.2, 0.25) is 15.9 Å². The van der Waals surface area contributed by atoms with Crippen molar-refractivity contribution in [2.75, 3.05) is 33.7 Å². The van der Waals surface area contributed by atoms with Crippen LogP contribution in [0.3, 0.4) is 0 Å². The summed E-state index contributed by atoms with van der Waals surface area (Å²) in [6.07, 6.45) is 0.0327. The molecule has 198 valence electrons. The number of para-hydroxylation sites is 1. The number of nitro benzene ring substituents is 1. The molecule has 0 unspecified atom stereocenters. The topological polar surface area (TPSA) is 154 Å². The first kappa shape index (κ1) is 27.7. The zero-order chi connectivity index (χ0) is 27.2. The Hall–Kier alpha value is -3.84. The van der Waals surface area contributed by atoms with Crippen molar-refractivity contribution in [1.29, 1.82) is 0 Å². The molecule has 2 aromatic carbocycles. The van der Waals surface area contributed by atoms with Gasteiger partial charge >= 0.3 is 6.09 Å². The lowest BCUT2D eigenvalue weighted by atomic mass is 10.1. The van der Waals surface area contributed by atoms with E-state index in [2.05, 4.69) is 4.99 Å². The number of amides is 2. The van der Waals surface area contributed by atoms with Gasteiger partial charge < -0.3 is 10.0 Å². The van der Waals surface area contributed by atoms with E-state index in [1.54, 1.807) is 24.1 Å². The van der Waals surface area contributed by atoms with Crippen molar-refractivity contribution < 1.29 is 28.0 Å². The Morgan fingerprint density at radius 1 is 1.11 bits per heavy atom. The van der Waals surface area contributed by atoms with E-state index in [-0.39, 0.29) is 23.8 Å². The third-order valence-electron chi connectivity index (χ3n) is 5.99. The number of unbranched alkanes of at least 4 members (excludes halogenated alkanes) is 1. The predicted octanol–water partition coefficient (Wildman–Crippen LogP) is 2.78. The molecule has 37 heavy (non-hydrogen) atoms. The maximum absolute atomic E-state index is 12.8. The summed E-state index contributed by atoms with van der Waals surface area (Å²) in [4.78, 5) is 41.0. The number of carboxylic acid groups (broad SMARTS) is 1. The number of amidine groups is 1. The molecule has 2 aromatic rings. The number of hydrogen-bond donors (Lipinski definition) is 1. The van der Waals surface area contributed by atoms with E-state index in [0.29, 0.717) is 43.9 Å². The van der Waals surface area contributed by atoms with Crippen LogP contribution in [-0.2, 0) is 21.4 Å². The highest BCUT2D eigenvalue weighted by Gasteiger charge is 2.29. The molecule has 3 rings (SSSR count). The Morgan fingerprint density at radius 3 is 2.43 bits per heavy atom. The lowest BCUT2D eigenvalue weighted by Gasteiger charge is -2.19. The Bertz CT molecular complexity index is 1290. The minimum Gasteiger partial charge on any atom is -0.465 e. The van der Waals surface area contributed by atoms with Gasteiger partial charge in [-0.1, -0.05) is 36.4 Å². The highest BCUT2D eigenvalue weighted by Crippen LogP contribution is 2.25. The molecule has 0 fully saturated rings. The number of aliphatic imine (C=N–C) groups is 1. The third kappa shape index (κ3) is 6.68. The Labute approximate surface area is 215 Å². The molecule has 2 amide bonds. The molecule has 0 aliphatic carbocycles. The molecule has 0 radical (unpaired) electrons. The van der Waals surface area contributed by atoms with Gasteiger partial charge in [0.1, 0.15) is 5.84 Å². The standard InChI is InChI=1S/C24H29N5O7S/c1-26(17-18-10-12-19(13-11-18)23-25-14-16-28(23)24(31)32)22(30)9-5-6-15-27(2)37(35,36)21-8-4-3-7-20(21)29(33)34/h3-4,7-8,10-13H,5-6,9,14-17H2,1-2H3,(H,31,32). The fourth-order valence-electron chi connectivity index (χ4n) is 3.92. The van der Waals surface area contributed by atoms with E-state index in [0.717, 1.165) is 15.9 Å². The first-order valence-electron chi connectivity index (χ1n) is 11.6. The molecule has 0 spiro atoms. The van der Waals surface area contributed by atoms with Crippen LogP contribution in [0, 0.1) is 10.1 Å². The second kappa shape index (κ2) is 11.9. The van der Waals surface area contributed by atoms with Crippen molar-refractivity contribution in [1.82, 2.24) is 14.1 Å². The van der Waals surface area contributed by atoms with Crippen LogP contribution in [0.5, 0.6) is 0 Å². The molecule has 0 bridgehead atoms. The van der Waals surface area contributed by atoms with Gasteiger partial charge in [0.05, 0.1) is 18.0 Å². The second-order valence-electron chi connectivity index (χ2n) is 8.59. The van der Waals surface area contributed by atoms with Crippen molar-refractivity contribution in [3.05, 3.63) is 69.8 Å². The van der Waals surface area contributed by atoms with Crippen LogP contribution in [0.4, 0.5) is 10.5 Å². The van der Waals surface area contributed by atoms with E-state index >= 15 is 0 Å². The quantitative estimate of drug-likeness (QED) is 0.266. The maximum Gasteiger partial charge on any atom is 0.413 e. The SMILES string of the molecule is CN(Cc1ccc(C2=NCCN2C(=O)O)cc1)C(=O)CCCCN(C)S(=O)(=O)c1ccccc1[N+](=O)[O-]. The summed E-state index contributed by atoms with van der Waals surface area (Å²) in [6, 6.07) is 12.4. The summed E-state index contributed by atoms with van der Waals surface area (Å²) in [7, 11) is -1.01. The molecule has 1 aliphatic rings. The van der Waals surface area contributed by atoms with Crippen LogP contribution in [-0.4, -0.2) is 84.1 Å². The van der Waals surface area contributed by atoms with Crippen LogP contribution in [0.2, 0.25) is 0 Å². The highest BCUT2D eigenvalue weighted by molar-refractivity contribution is 7.89. The normalized spacial score (nSPS) is 13.5. The molecule has 13 heteroatoms. The van der Waals surface area contributed by atoms with Crippen molar-refractivity contribution in [3.63, 3.8) is 0 Å². The molecule has 0 aromatic heterocycles. The van der Waals surface area contributed by atoms with Crippen LogP contribution < -0.4 is 0 Å². The molecular weight excluding hydrogens is 502 g/mol. The van der Waals surface area contributed by atoms with E-state index in [4.69, 9.17) is 0 Å². The first-order chi connectivity index (χ1) is 17.5. The van der Waals surface area contributed by atoms with Crippen molar-refractivity contribution in [2.24, 2.45) is 4.99 Å². The molecule has 12 nitrogen and oxygen atoms in total. The molecule has 0 saturated carbocycles. The predicted molar refractivity (Wildman–Crippen MR) is 136 cm³/mol. The second-order valence-corrected chi connectivity index (χ2v) is 10.6. The van der Waals surface area contributed by atoms with Gasteiger partial charge in [0, 0.05) is 45.2 Å². The Morgan fingerprint density at radius 2 is 1.78 bits per heavy atom. The van der Waals surface area contributed by atoms with Crippen molar-refractivity contribution in [2.45, 2.75) is 30.7 Å².